The first kappa shape index (κ1) is 12.7. The zero-order chi connectivity index (χ0) is 10.9. The Balaban J connectivity index is 2.14. The number of alkyl halides is 1. The van der Waals surface area contributed by atoms with E-state index in [-0.39, 0.29) is 0 Å². The van der Waals surface area contributed by atoms with Gasteiger partial charge in [0.25, 0.3) is 0 Å². The third kappa shape index (κ3) is 5.95. The summed E-state index contributed by atoms with van der Waals surface area (Å²) >= 11 is 3.45. The second-order valence-corrected chi connectivity index (χ2v) is 4.75. The maximum Gasteiger partial charge on any atom is 0.0207 e. The van der Waals surface area contributed by atoms with Gasteiger partial charge in [-0.15, -0.1) is 0 Å². The van der Waals surface area contributed by atoms with Crippen LogP contribution in [-0.4, -0.2) is 11.4 Å². The zero-order valence-electron chi connectivity index (χ0n) is 9.38. The molecule has 0 aromatic heterocycles. The molecule has 0 saturated heterocycles. The molecule has 1 N–H and O–H groups in total. The van der Waals surface area contributed by atoms with Gasteiger partial charge >= 0.3 is 0 Å². The summed E-state index contributed by atoms with van der Waals surface area (Å²) in [5, 5.41) is 4.67. The predicted octanol–water partition coefficient (Wildman–Crippen LogP) is 3.73. The number of hydrogen-bond acceptors (Lipinski definition) is 1. The maximum absolute atomic E-state index is 3.54. The summed E-state index contributed by atoms with van der Waals surface area (Å²) in [6.45, 7) is 3.24. The highest BCUT2D eigenvalue weighted by atomic mass is 79.9. The summed E-state index contributed by atoms with van der Waals surface area (Å²) in [6.07, 6.45) is 3.84. The smallest absolute Gasteiger partial charge is 0.0207 e. The van der Waals surface area contributed by atoms with Gasteiger partial charge in [0.1, 0.15) is 0 Å². The Labute approximate surface area is 101 Å². The summed E-state index contributed by atoms with van der Waals surface area (Å²) < 4.78 is 0. The molecule has 15 heavy (non-hydrogen) atoms. The predicted molar refractivity (Wildman–Crippen MR) is 70.4 cm³/mol. The Hall–Kier alpha value is -0.340. The molecule has 84 valence electrons. The molecule has 1 aromatic rings. The summed E-state index contributed by atoms with van der Waals surface area (Å²) in [4.78, 5) is 0. The third-order valence-corrected chi connectivity index (χ3v) is 3.08. The molecule has 0 amide bonds. The van der Waals surface area contributed by atoms with Crippen LogP contribution in [0.5, 0.6) is 0 Å². The molecule has 0 saturated carbocycles. The van der Waals surface area contributed by atoms with Crippen LogP contribution in [0.4, 0.5) is 0 Å². The lowest BCUT2D eigenvalue weighted by molar-refractivity contribution is 0.496. The third-order valence-electron chi connectivity index (χ3n) is 2.52. The average Bonchev–Trinajstić information content (AvgIpc) is 2.28. The topological polar surface area (TPSA) is 12.0 Å². The number of unbranched alkanes of at least 4 members (excludes halogenated alkanes) is 1. The van der Waals surface area contributed by atoms with Crippen molar-refractivity contribution in [1.82, 2.24) is 5.32 Å². The van der Waals surface area contributed by atoms with Crippen LogP contribution < -0.4 is 5.32 Å². The first-order chi connectivity index (χ1) is 7.33. The molecular weight excluding hydrogens is 250 g/mol. The van der Waals surface area contributed by atoms with Gasteiger partial charge in [-0.25, -0.2) is 0 Å². The molecule has 0 radical (unpaired) electrons. The number of halogens is 1. The fourth-order valence-electron chi connectivity index (χ4n) is 1.54. The van der Waals surface area contributed by atoms with Crippen molar-refractivity contribution < 1.29 is 0 Å². The van der Waals surface area contributed by atoms with E-state index in [0.29, 0.717) is 6.04 Å². The highest BCUT2D eigenvalue weighted by Gasteiger charge is 2.00. The SMILES string of the molecule is CC(CCCCBr)NCc1ccccc1. The van der Waals surface area contributed by atoms with Crippen LogP contribution in [-0.2, 0) is 6.54 Å². The summed E-state index contributed by atoms with van der Waals surface area (Å²) in [5.41, 5.74) is 1.37. The van der Waals surface area contributed by atoms with E-state index < -0.39 is 0 Å². The first-order valence-corrected chi connectivity index (χ1v) is 6.78. The molecule has 1 unspecified atom stereocenters. The molecule has 0 fully saturated rings. The van der Waals surface area contributed by atoms with Gasteiger partial charge in [0, 0.05) is 17.9 Å². The van der Waals surface area contributed by atoms with Gasteiger partial charge < -0.3 is 5.32 Å². The lowest BCUT2D eigenvalue weighted by atomic mass is 10.1. The van der Waals surface area contributed by atoms with Gasteiger partial charge in [0.05, 0.1) is 0 Å². The summed E-state index contributed by atoms with van der Waals surface area (Å²) in [6, 6.07) is 11.2. The van der Waals surface area contributed by atoms with Crippen LogP contribution in [0.15, 0.2) is 30.3 Å². The summed E-state index contributed by atoms with van der Waals surface area (Å²) in [7, 11) is 0. The van der Waals surface area contributed by atoms with Crippen LogP contribution in [0.1, 0.15) is 31.7 Å². The second kappa shape index (κ2) is 7.89. The summed E-state index contributed by atoms with van der Waals surface area (Å²) in [5.74, 6) is 0. The molecule has 0 aliphatic rings. The van der Waals surface area contributed by atoms with Crippen molar-refractivity contribution in [2.45, 2.75) is 38.8 Å². The molecule has 2 heteroatoms. The van der Waals surface area contributed by atoms with Crippen molar-refractivity contribution in [3.05, 3.63) is 35.9 Å². The minimum absolute atomic E-state index is 0.615. The molecular formula is C13H20BrN. The van der Waals surface area contributed by atoms with Crippen molar-refractivity contribution in [3.63, 3.8) is 0 Å². The van der Waals surface area contributed by atoms with E-state index in [1.54, 1.807) is 0 Å². The first-order valence-electron chi connectivity index (χ1n) is 5.66. The van der Waals surface area contributed by atoms with Crippen molar-refractivity contribution in [2.75, 3.05) is 5.33 Å². The Morgan fingerprint density at radius 3 is 2.60 bits per heavy atom. The van der Waals surface area contributed by atoms with Crippen LogP contribution in [0.25, 0.3) is 0 Å². The van der Waals surface area contributed by atoms with Crippen LogP contribution in [0.3, 0.4) is 0 Å². The minimum Gasteiger partial charge on any atom is -0.310 e. The van der Waals surface area contributed by atoms with Gasteiger partial charge in [-0.3, -0.25) is 0 Å². The van der Waals surface area contributed by atoms with Gasteiger partial charge in [0.15, 0.2) is 0 Å². The monoisotopic (exact) mass is 269 g/mol. The maximum atomic E-state index is 3.54. The molecule has 0 heterocycles. The van der Waals surface area contributed by atoms with Gasteiger partial charge in [0.2, 0.25) is 0 Å². The highest BCUT2D eigenvalue weighted by Crippen LogP contribution is 2.04. The van der Waals surface area contributed by atoms with Crippen LogP contribution in [0.2, 0.25) is 0 Å². The largest absolute Gasteiger partial charge is 0.310 e. The standard InChI is InChI=1S/C13H20BrN/c1-12(7-5-6-10-14)15-11-13-8-3-2-4-9-13/h2-4,8-9,12,15H,5-7,10-11H2,1H3. The molecule has 1 atom stereocenters. The lowest BCUT2D eigenvalue weighted by Crippen LogP contribution is -2.25. The van der Waals surface area contributed by atoms with Gasteiger partial charge in [-0.05, 0) is 25.3 Å². The van der Waals surface area contributed by atoms with E-state index >= 15 is 0 Å². The fourth-order valence-corrected chi connectivity index (χ4v) is 1.93. The van der Waals surface area contributed by atoms with Crippen molar-refractivity contribution in [1.29, 1.82) is 0 Å². The number of benzene rings is 1. The normalized spacial score (nSPS) is 12.7. The number of rotatable bonds is 7. The molecule has 1 nitrogen and oxygen atoms in total. The van der Waals surface area contributed by atoms with E-state index in [1.807, 2.05) is 0 Å². The van der Waals surface area contributed by atoms with E-state index in [9.17, 15) is 0 Å². The van der Waals surface area contributed by atoms with Crippen LogP contribution in [0, 0.1) is 0 Å². The molecule has 0 bridgehead atoms. The molecule has 0 aliphatic carbocycles. The zero-order valence-corrected chi connectivity index (χ0v) is 11.0. The lowest BCUT2D eigenvalue weighted by Gasteiger charge is -2.13. The Morgan fingerprint density at radius 2 is 1.93 bits per heavy atom. The van der Waals surface area contributed by atoms with E-state index in [0.717, 1.165) is 11.9 Å². The fraction of sp³-hybridized carbons (Fsp3) is 0.538. The Kier molecular flexibility index (Phi) is 6.69. The number of hydrogen-bond donors (Lipinski definition) is 1. The Bertz CT molecular complexity index is 248. The molecule has 1 rings (SSSR count). The van der Waals surface area contributed by atoms with Gasteiger partial charge in [-0.2, -0.15) is 0 Å². The molecule has 0 spiro atoms. The molecule has 0 aliphatic heterocycles. The van der Waals surface area contributed by atoms with Gasteiger partial charge in [-0.1, -0.05) is 52.7 Å². The van der Waals surface area contributed by atoms with Crippen molar-refractivity contribution in [2.24, 2.45) is 0 Å². The Morgan fingerprint density at radius 1 is 1.20 bits per heavy atom. The highest BCUT2D eigenvalue weighted by molar-refractivity contribution is 9.09. The van der Waals surface area contributed by atoms with E-state index in [1.165, 1.54) is 24.8 Å². The second-order valence-electron chi connectivity index (χ2n) is 3.95. The van der Waals surface area contributed by atoms with Crippen molar-refractivity contribution in [3.8, 4) is 0 Å². The molecule has 1 aromatic carbocycles. The number of nitrogens with one attached hydrogen (secondary N) is 1. The van der Waals surface area contributed by atoms with Crippen LogP contribution >= 0.6 is 15.9 Å². The van der Waals surface area contributed by atoms with E-state index in [2.05, 4.69) is 58.5 Å². The van der Waals surface area contributed by atoms with Crippen molar-refractivity contribution >= 4 is 15.9 Å². The average molecular weight is 270 g/mol. The van der Waals surface area contributed by atoms with E-state index in [4.69, 9.17) is 0 Å². The minimum atomic E-state index is 0.615. The quantitative estimate of drug-likeness (QED) is 0.588.